The molecule has 3 rings (SSSR count). The van der Waals surface area contributed by atoms with Gasteiger partial charge < -0.3 is 10.1 Å². The number of rotatable bonds is 2. The van der Waals surface area contributed by atoms with Gasteiger partial charge in [-0.15, -0.1) is 0 Å². The van der Waals surface area contributed by atoms with Crippen LogP contribution in [0.3, 0.4) is 0 Å². The molecule has 1 unspecified atom stereocenters. The van der Waals surface area contributed by atoms with Gasteiger partial charge in [0.2, 0.25) is 5.88 Å². The number of piperidine rings is 2. The lowest BCUT2D eigenvalue weighted by molar-refractivity contribution is -0.0474. The molecule has 1 saturated heterocycles. The maximum atomic E-state index is 5.95. The molecule has 80 valence electrons. The molecule has 1 aromatic heterocycles. The predicted molar refractivity (Wildman–Crippen MR) is 60.8 cm³/mol. The third-order valence-electron chi connectivity index (χ3n) is 3.32. The number of nitrogens with one attached hydrogen (secondary N) is 1. The van der Waals surface area contributed by atoms with E-state index in [1.54, 1.807) is 6.20 Å². The van der Waals surface area contributed by atoms with Gasteiger partial charge in [-0.3, -0.25) is 0 Å². The fourth-order valence-corrected chi connectivity index (χ4v) is 2.83. The van der Waals surface area contributed by atoms with Gasteiger partial charge in [-0.1, -0.05) is 0 Å². The van der Waals surface area contributed by atoms with Crippen molar-refractivity contribution < 1.29 is 4.74 Å². The van der Waals surface area contributed by atoms with Crippen molar-refractivity contribution in [2.75, 3.05) is 13.1 Å². The summed E-state index contributed by atoms with van der Waals surface area (Å²) in [5.41, 5.74) is 0. The van der Waals surface area contributed by atoms with Gasteiger partial charge in [0, 0.05) is 31.1 Å². The number of pyridine rings is 1. The molecule has 0 aromatic carbocycles. The van der Waals surface area contributed by atoms with E-state index in [4.69, 9.17) is 4.74 Å². The van der Waals surface area contributed by atoms with Crippen LogP contribution in [0.2, 0.25) is 0 Å². The number of halogens is 1. The second-order valence-corrected chi connectivity index (χ2v) is 5.14. The van der Waals surface area contributed by atoms with E-state index in [2.05, 4.69) is 26.2 Å². The van der Waals surface area contributed by atoms with Gasteiger partial charge in [0.25, 0.3) is 0 Å². The molecule has 0 spiro atoms. The molecular weight excluding hydrogens is 256 g/mol. The summed E-state index contributed by atoms with van der Waals surface area (Å²) < 4.78 is 6.90. The standard InChI is InChI=1S/C11H13BrN2O/c12-9-2-1-3-14-11(9)15-10-7-4-8(10)6-13-5-7/h1-3,7-8,10,13H,4-6H2/t7-,8+,10?. The smallest absolute Gasteiger partial charge is 0.228 e. The zero-order valence-electron chi connectivity index (χ0n) is 8.32. The second kappa shape index (κ2) is 3.76. The molecule has 15 heavy (non-hydrogen) atoms. The number of fused-ring (bicyclic) bond motifs is 2. The van der Waals surface area contributed by atoms with Crippen LogP contribution in [0.4, 0.5) is 0 Å². The molecule has 0 radical (unpaired) electrons. The van der Waals surface area contributed by atoms with Crippen LogP contribution in [0.1, 0.15) is 6.42 Å². The summed E-state index contributed by atoms with van der Waals surface area (Å²) >= 11 is 3.45. The average molecular weight is 269 g/mol. The molecular formula is C11H13BrN2O. The largest absolute Gasteiger partial charge is 0.473 e. The molecule has 4 heteroatoms. The molecule has 2 aliphatic rings. The number of aromatic nitrogens is 1. The highest BCUT2D eigenvalue weighted by atomic mass is 79.9. The maximum absolute atomic E-state index is 5.95. The second-order valence-electron chi connectivity index (χ2n) is 4.29. The Labute approximate surface area is 97.4 Å². The average Bonchev–Trinajstić information content (AvgIpc) is 2.29. The quantitative estimate of drug-likeness (QED) is 0.889. The molecule has 2 heterocycles. The van der Waals surface area contributed by atoms with Gasteiger partial charge >= 0.3 is 0 Å². The van der Waals surface area contributed by atoms with Crippen molar-refractivity contribution in [3.05, 3.63) is 22.8 Å². The number of ether oxygens (including phenoxy) is 1. The van der Waals surface area contributed by atoms with E-state index in [0.717, 1.165) is 23.4 Å². The maximum Gasteiger partial charge on any atom is 0.228 e. The first kappa shape index (κ1) is 9.60. The fourth-order valence-electron chi connectivity index (χ4n) is 2.48. The van der Waals surface area contributed by atoms with Crippen LogP contribution < -0.4 is 10.1 Å². The van der Waals surface area contributed by atoms with Crippen molar-refractivity contribution in [1.82, 2.24) is 10.3 Å². The SMILES string of the molecule is Brc1cccnc1OC1[C@@H]2CNC[C@H]1C2. The Morgan fingerprint density at radius 2 is 2.20 bits per heavy atom. The van der Waals surface area contributed by atoms with Crippen LogP contribution in [0.5, 0.6) is 5.88 Å². The van der Waals surface area contributed by atoms with Crippen molar-refractivity contribution in [2.24, 2.45) is 11.8 Å². The summed E-state index contributed by atoms with van der Waals surface area (Å²) in [6.45, 7) is 2.18. The van der Waals surface area contributed by atoms with Crippen LogP contribution in [0, 0.1) is 11.8 Å². The highest BCUT2D eigenvalue weighted by molar-refractivity contribution is 9.10. The van der Waals surface area contributed by atoms with E-state index < -0.39 is 0 Å². The fraction of sp³-hybridized carbons (Fsp3) is 0.545. The zero-order chi connectivity index (χ0) is 10.3. The molecule has 3 nitrogen and oxygen atoms in total. The molecule has 1 saturated carbocycles. The van der Waals surface area contributed by atoms with E-state index in [9.17, 15) is 0 Å². The molecule has 2 fully saturated rings. The Balaban J connectivity index is 1.73. The number of hydrogen-bond donors (Lipinski definition) is 1. The van der Waals surface area contributed by atoms with Crippen LogP contribution in [0.25, 0.3) is 0 Å². The third-order valence-corrected chi connectivity index (χ3v) is 3.92. The van der Waals surface area contributed by atoms with Crippen molar-refractivity contribution in [3.8, 4) is 5.88 Å². The van der Waals surface area contributed by atoms with E-state index in [1.165, 1.54) is 6.42 Å². The minimum atomic E-state index is 0.373. The van der Waals surface area contributed by atoms with E-state index in [0.29, 0.717) is 17.9 Å². The van der Waals surface area contributed by atoms with Crippen molar-refractivity contribution >= 4 is 15.9 Å². The van der Waals surface area contributed by atoms with Gasteiger partial charge in [-0.05, 0) is 34.5 Å². The normalized spacial score (nSPS) is 33.3. The van der Waals surface area contributed by atoms with E-state index in [1.807, 2.05) is 12.1 Å². The summed E-state index contributed by atoms with van der Waals surface area (Å²) in [5, 5.41) is 3.40. The Kier molecular flexibility index (Phi) is 2.41. The summed E-state index contributed by atoms with van der Waals surface area (Å²) in [6, 6.07) is 3.87. The molecule has 1 N–H and O–H groups in total. The number of nitrogens with zero attached hydrogens (tertiary/aromatic N) is 1. The Bertz CT molecular complexity index is 357. The minimum Gasteiger partial charge on any atom is -0.473 e. The van der Waals surface area contributed by atoms with Gasteiger partial charge in [-0.2, -0.15) is 0 Å². The summed E-state index contributed by atoms with van der Waals surface area (Å²) in [5.74, 6) is 2.09. The molecule has 2 bridgehead atoms. The lowest BCUT2D eigenvalue weighted by Crippen LogP contribution is -2.59. The van der Waals surface area contributed by atoms with E-state index >= 15 is 0 Å². The highest BCUT2D eigenvalue weighted by Gasteiger charge is 2.45. The lowest BCUT2D eigenvalue weighted by atomic mass is 9.69. The summed E-state index contributed by atoms with van der Waals surface area (Å²) in [6.07, 6.45) is 3.45. The monoisotopic (exact) mass is 268 g/mol. The third kappa shape index (κ3) is 1.66. The molecule has 1 aromatic rings. The van der Waals surface area contributed by atoms with Gasteiger partial charge in [0.15, 0.2) is 0 Å². The summed E-state index contributed by atoms with van der Waals surface area (Å²) in [4.78, 5) is 4.24. The number of hydrogen-bond acceptors (Lipinski definition) is 3. The topological polar surface area (TPSA) is 34.1 Å². The van der Waals surface area contributed by atoms with Gasteiger partial charge in [-0.25, -0.2) is 4.98 Å². The van der Waals surface area contributed by atoms with Crippen molar-refractivity contribution in [2.45, 2.75) is 12.5 Å². The predicted octanol–water partition coefficient (Wildman–Crippen LogP) is 1.83. The van der Waals surface area contributed by atoms with Crippen LogP contribution in [-0.2, 0) is 0 Å². The molecule has 1 aliphatic carbocycles. The van der Waals surface area contributed by atoms with Gasteiger partial charge in [0.05, 0.1) is 4.47 Å². The van der Waals surface area contributed by atoms with Crippen LogP contribution >= 0.6 is 15.9 Å². The summed E-state index contributed by atoms with van der Waals surface area (Å²) in [7, 11) is 0. The Morgan fingerprint density at radius 3 is 2.87 bits per heavy atom. The Hall–Kier alpha value is -0.610. The zero-order valence-corrected chi connectivity index (χ0v) is 9.90. The molecule has 3 atom stereocenters. The first-order valence-electron chi connectivity index (χ1n) is 5.32. The Morgan fingerprint density at radius 1 is 1.40 bits per heavy atom. The highest BCUT2D eigenvalue weighted by Crippen LogP contribution is 2.40. The first-order chi connectivity index (χ1) is 7.34. The minimum absolute atomic E-state index is 0.373. The first-order valence-corrected chi connectivity index (χ1v) is 6.12. The molecule has 1 aliphatic heterocycles. The van der Waals surface area contributed by atoms with E-state index in [-0.39, 0.29) is 0 Å². The van der Waals surface area contributed by atoms with Crippen LogP contribution in [0.15, 0.2) is 22.8 Å². The van der Waals surface area contributed by atoms with Crippen LogP contribution in [-0.4, -0.2) is 24.2 Å². The van der Waals surface area contributed by atoms with Crippen molar-refractivity contribution in [3.63, 3.8) is 0 Å². The van der Waals surface area contributed by atoms with Crippen molar-refractivity contribution in [1.29, 1.82) is 0 Å². The molecule has 0 amide bonds. The lowest BCUT2D eigenvalue weighted by Gasteiger charge is -2.48. The van der Waals surface area contributed by atoms with Gasteiger partial charge in [0.1, 0.15) is 6.10 Å².